The quantitative estimate of drug-likeness (QED) is 0.667. The number of thioether (sulfide) groups is 1. The van der Waals surface area contributed by atoms with Crippen LogP contribution in [-0.4, -0.2) is 5.04 Å². The standard InChI is InChI=1S/C15H12N2S/c16-10-12-6-8-14(9-7-12)15(17)18-11-13-4-2-1-3-5-13/h1-9,17H,11H2. The maximum absolute atomic E-state index is 8.71. The average molecular weight is 252 g/mol. The van der Waals surface area contributed by atoms with Crippen molar-refractivity contribution in [3.63, 3.8) is 0 Å². The lowest BCUT2D eigenvalue weighted by Crippen LogP contribution is -1.94. The third kappa shape index (κ3) is 3.22. The minimum absolute atomic E-state index is 0.531. The highest BCUT2D eigenvalue weighted by Crippen LogP contribution is 2.18. The van der Waals surface area contributed by atoms with Crippen molar-refractivity contribution in [2.45, 2.75) is 5.75 Å². The third-order valence-electron chi connectivity index (χ3n) is 2.50. The highest BCUT2D eigenvalue weighted by atomic mass is 32.2. The van der Waals surface area contributed by atoms with Gasteiger partial charge in [0.25, 0.3) is 0 Å². The van der Waals surface area contributed by atoms with E-state index in [-0.39, 0.29) is 0 Å². The molecule has 0 unspecified atom stereocenters. The number of hydrogen-bond acceptors (Lipinski definition) is 3. The van der Waals surface area contributed by atoms with Gasteiger partial charge in [-0.25, -0.2) is 0 Å². The van der Waals surface area contributed by atoms with Gasteiger partial charge in [-0.3, -0.25) is 5.41 Å². The SMILES string of the molecule is N#Cc1ccc(C(=N)SCc2ccccc2)cc1. The lowest BCUT2D eigenvalue weighted by atomic mass is 10.2. The van der Waals surface area contributed by atoms with Crippen LogP contribution in [0.5, 0.6) is 0 Å². The van der Waals surface area contributed by atoms with E-state index in [0.717, 1.165) is 11.3 Å². The van der Waals surface area contributed by atoms with Gasteiger partial charge < -0.3 is 0 Å². The lowest BCUT2D eigenvalue weighted by Gasteiger charge is -2.04. The van der Waals surface area contributed by atoms with Gasteiger partial charge in [-0.1, -0.05) is 42.5 Å². The molecule has 0 bridgehead atoms. The minimum Gasteiger partial charge on any atom is -0.293 e. The first-order valence-corrected chi connectivity index (χ1v) is 6.54. The molecule has 0 spiro atoms. The Labute approximate surface area is 111 Å². The summed E-state index contributed by atoms with van der Waals surface area (Å²) < 4.78 is 0. The summed E-state index contributed by atoms with van der Waals surface area (Å²) >= 11 is 1.50. The summed E-state index contributed by atoms with van der Waals surface area (Å²) in [6, 6.07) is 19.3. The monoisotopic (exact) mass is 252 g/mol. The van der Waals surface area contributed by atoms with Gasteiger partial charge in [0.1, 0.15) is 0 Å². The normalized spacial score (nSPS) is 9.72. The molecule has 88 valence electrons. The fourth-order valence-electron chi connectivity index (χ4n) is 1.51. The van der Waals surface area contributed by atoms with Gasteiger partial charge in [-0.05, 0) is 17.7 Å². The molecule has 0 atom stereocenters. The first kappa shape index (κ1) is 12.4. The van der Waals surface area contributed by atoms with Gasteiger partial charge in [0.15, 0.2) is 0 Å². The van der Waals surface area contributed by atoms with Crippen LogP contribution < -0.4 is 0 Å². The molecule has 2 aromatic carbocycles. The molecule has 3 heteroatoms. The Morgan fingerprint density at radius 2 is 1.72 bits per heavy atom. The van der Waals surface area contributed by atoms with Gasteiger partial charge in [-0.2, -0.15) is 5.26 Å². The van der Waals surface area contributed by atoms with Crippen LogP contribution in [0.1, 0.15) is 16.7 Å². The molecule has 0 aliphatic heterocycles. The summed E-state index contributed by atoms with van der Waals surface area (Å²) in [6.45, 7) is 0. The Morgan fingerprint density at radius 1 is 1.06 bits per heavy atom. The van der Waals surface area contributed by atoms with Crippen LogP contribution in [0.3, 0.4) is 0 Å². The van der Waals surface area contributed by atoms with E-state index in [2.05, 4.69) is 18.2 Å². The zero-order chi connectivity index (χ0) is 12.8. The minimum atomic E-state index is 0.531. The number of nitrogens with one attached hydrogen (secondary N) is 1. The second kappa shape index (κ2) is 6.04. The lowest BCUT2D eigenvalue weighted by molar-refractivity contribution is 1.42. The Bertz CT molecular complexity index is 568. The Hall–Kier alpha value is -2.05. The molecule has 0 aliphatic rings. The molecular formula is C15H12N2S. The maximum Gasteiger partial charge on any atom is 0.0991 e. The summed E-state index contributed by atoms with van der Waals surface area (Å²) in [5.74, 6) is 0.791. The second-order valence-electron chi connectivity index (χ2n) is 3.79. The van der Waals surface area contributed by atoms with Crippen molar-refractivity contribution >= 4 is 16.8 Å². The highest BCUT2D eigenvalue weighted by molar-refractivity contribution is 8.13. The molecule has 2 rings (SSSR count). The van der Waals surface area contributed by atoms with E-state index in [1.807, 2.05) is 30.3 Å². The molecule has 0 aromatic heterocycles. The van der Waals surface area contributed by atoms with Gasteiger partial charge in [0.2, 0.25) is 0 Å². The second-order valence-corrected chi connectivity index (χ2v) is 4.78. The zero-order valence-corrected chi connectivity index (χ0v) is 10.6. The van der Waals surface area contributed by atoms with Crippen molar-refractivity contribution in [2.75, 3.05) is 0 Å². The molecule has 2 aromatic rings. The Morgan fingerprint density at radius 3 is 2.33 bits per heavy atom. The molecule has 0 heterocycles. The Balaban J connectivity index is 1.98. The molecule has 2 nitrogen and oxygen atoms in total. The van der Waals surface area contributed by atoms with E-state index >= 15 is 0 Å². The van der Waals surface area contributed by atoms with Crippen molar-refractivity contribution < 1.29 is 0 Å². The number of hydrogen-bond donors (Lipinski definition) is 1. The molecule has 0 amide bonds. The zero-order valence-electron chi connectivity index (χ0n) is 9.76. The molecule has 18 heavy (non-hydrogen) atoms. The summed E-state index contributed by atoms with van der Waals surface area (Å²) in [7, 11) is 0. The molecule has 0 saturated carbocycles. The van der Waals surface area contributed by atoms with E-state index < -0.39 is 0 Å². The van der Waals surface area contributed by atoms with Crippen LogP contribution in [-0.2, 0) is 5.75 Å². The molecule has 0 saturated heterocycles. The van der Waals surface area contributed by atoms with E-state index in [9.17, 15) is 0 Å². The Kier molecular flexibility index (Phi) is 4.16. The van der Waals surface area contributed by atoms with Crippen molar-refractivity contribution in [2.24, 2.45) is 0 Å². The number of nitrogens with zero attached hydrogens (tertiary/aromatic N) is 1. The van der Waals surface area contributed by atoms with Gasteiger partial charge in [-0.15, -0.1) is 11.8 Å². The van der Waals surface area contributed by atoms with Gasteiger partial charge in [0, 0.05) is 11.3 Å². The fraction of sp³-hybridized carbons (Fsp3) is 0.0667. The van der Waals surface area contributed by atoms with E-state index in [0.29, 0.717) is 10.6 Å². The van der Waals surface area contributed by atoms with E-state index in [1.165, 1.54) is 17.3 Å². The largest absolute Gasteiger partial charge is 0.293 e. The first-order chi connectivity index (χ1) is 8.79. The van der Waals surface area contributed by atoms with E-state index in [4.69, 9.17) is 10.7 Å². The average Bonchev–Trinajstić information content (AvgIpc) is 2.46. The maximum atomic E-state index is 8.71. The predicted molar refractivity (Wildman–Crippen MR) is 75.7 cm³/mol. The summed E-state index contributed by atoms with van der Waals surface area (Å²) in [5.41, 5.74) is 2.69. The molecule has 0 fully saturated rings. The van der Waals surface area contributed by atoms with E-state index in [1.54, 1.807) is 12.1 Å². The number of nitriles is 1. The summed E-state index contributed by atoms with van der Waals surface area (Å²) in [5, 5.41) is 17.2. The van der Waals surface area contributed by atoms with Crippen LogP contribution in [0.4, 0.5) is 0 Å². The van der Waals surface area contributed by atoms with Crippen LogP contribution in [0, 0.1) is 16.7 Å². The smallest absolute Gasteiger partial charge is 0.0991 e. The van der Waals surface area contributed by atoms with Crippen molar-refractivity contribution in [1.82, 2.24) is 0 Å². The topological polar surface area (TPSA) is 47.6 Å². The number of benzene rings is 2. The van der Waals surface area contributed by atoms with Crippen molar-refractivity contribution in [3.05, 3.63) is 71.3 Å². The number of rotatable bonds is 3. The molecule has 0 aliphatic carbocycles. The molecule has 1 N–H and O–H groups in total. The molecular weight excluding hydrogens is 240 g/mol. The predicted octanol–water partition coefficient (Wildman–Crippen LogP) is 3.82. The summed E-state index contributed by atoms with van der Waals surface area (Å²) in [6.07, 6.45) is 0. The van der Waals surface area contributed by atoms with Crippen LogP contribution in [0.2, 0.25) is 0 Å². The van der Waals surface area contributed by atoms with Crippen LogP contribution in [0.25, 0.3) is 0 Å². The highest BCUT2D eigenvalue weighted by Gasteiger charge is 2.02. The van der Waals surface area contributed by atoms with Crippen LogP contribution in [0.15, 0.2) is 54.6 Å². The van der Waals surface area contributed by atoms with Gasteiger partial charge >= 0.3 is 0 Å². The van der Waals surface area contributed by atoms with Crippen LogP contribution >= 0.6 is 11.8 Å². The van der Waals surface area contributed by atoms with Crippen molar-refractivity contribution in [3.8, 4) is 6.07 Å². The molecule has 0 radical (unpaired) electrons. The third-order valence-corrected chi connectivity index (χ3v) is 3.50. The van der Waals surface area contributed by atoms with Crippen molar-refractivity contribution in [1.29, 1.82) is 10.7 Å². The fourth-order valence-corrected chi connectivity index (χ4v) is 2.32. The summed E-state index contributed by atoms with van der Waals surface area (Å²) in [4.78, 5) is 0. The van der Waals surface area contributed by atoms with Gasteiger partial charge in [0.05, 0.1) is 16.7 Å². The first-order valence-electron chi connectivity index (χ1n) is 5.55.